The Labute approximate surface area is 192 Å². The summed E-state index contributed by atoms with van der Waals surface area (Å²) in [5.74, 6) is -0.747. The standard InChI is InChI=1S/C27H46O3/c1-17(16-28)6-5-7-18(2)21-8-9-22-25-23(11-13-27(21,22)4)26(3)12-10-20(29)14-19(26)15-24(25)30/h15,17-18,20-25,28-30H,5-14,16H2,1-4H3/t17?,18-,20+,21-,22+,23+,24+,25+,26+,27-/m1/s1/i1D3,16D2,17D. The topological polar surface area (TPSA) is 60.7 Å². The summed E-state index contributed by atoms with van der Waals surface area (Å²) in [7, 11) is 0. The molecule has 3 fully saturated rings. The van der Waals surface area contributed by atoms with Gasteiger partial charge in [0, 0.05) is 12.0 Å². The highest BCUT2D eigenvalue weighted by Crippen LogP contribution is 2.67. The van der Waals surface area contributed by atoms with E-state index in [1.165, 1.54) is 5.57 Å². The molecule has 0 radical (unpaired) electrons. The third kappa shape index (κ3) is 3.71. The largest absolute Gasteiger partial charge is 0.396 e. The van der Waals surface area contributed by atoms with Gasteiger partial charge in [-0.05, 0) is 97.7 Å². The molecule has 3 N–H and O–H groups in total. The fourth-order valence-electron chi connectivity index (χ4n) is 8.46. The molecular formula is C27H46O3. The molecule has 3 saturated carbocycles. The molecule has 3 heteroatoms. The van der Waals surface area contributed by atoms with Crippen LogP contribution in [0.2, 0.25) is 0 Å². The van der Waals surface area contributed by atoms with Crippen LogP contribution in [0.25, 0.3) is 0 Å². The van der Waals surface area contributed by atoms with Gasteiger partial charge in [0.2, 0.25) is 0 Å². The van der Waals surface area contributed by atoms with Gasteiger partial charge in [-0.1, -0.05) is 52.1 Å². The van der Waals surface area contributed by atoms with E-state index in [9.17, 15) is 15.3 Å². The van der Waals surface area contributed by atoms with Crippen LogP contribution in [0.5, 0.6) is 0 Å². The lowest BCUT2D eigenvalue weighted by molar-refractivity contribution is -0.0971. The van der Waals surface area contributed by atoms with Crippen LogP contribution in [0.3, 0.4) is 0 Å². The van der Waals surface area contributed by atoms with Crippen molar-refractivity contribution in [1.29, 1.82) is 0 Å². The van der Waals surface area contributed by atoms with Crippen LogP contribution in [0, 0.1) is 46.3 Å². The quantitative estimate of drug-likeness (QED) is 0.505. The monoisotopic (exact) mass is 424 g/mol. The molecule has 1 unspecified atom stereocenters. The van der Waals surface area contributed by atoms with E-state index in [-0.39, 0.29) is 35.2 Å². The maximum absolute atomic E-state index is 11.3. The Hall–Kier alpha value is -0.380. The van der Waals surface area contributed by atoms with Gasteiger partial charge in [0.15, 0.2) is 0 Å². The molecule has 0 amide bonds. The van der Waals surface area contributed by atoms with Crippen molar-refractivity contribution in [2.75, 3.05) is 6.56 Å². The summed E-state index contributed by atoms with van der Waals surface area (Å²) in [6.45, 7) is 0.914. The Morgan fingerprint density at radius 1 is 1.17 bits per heavy atom. The van der Waals surface area contributed by atoms with E-state index < -0.39 is 25.4 Å². The Balaban J connectivity index is 1.47. The number of hydrogen-bond acceptors (Lipinski definition) is 3. The Kier molecular flexibility index (Phi) is 4.62. The molecule has 0 aromatic heterocycles. The lowest BCUT2D eigenvalue weighted by Gasteiger charge is -2.59. The van der Waals surface area contributed by atoms with E-state index in [1.807, 2.05) is 0 Å². The van der Waals surface area contributed by atoms with E-state index in [0.717, 1.165) is 38.5 Å². The SMILES string of the molecule is [2H]C([2H])([2H])C([2H])(CCC[C@@H](C)[C@H]1CC[C@H]2[C@@H]3[C@@H](O)C=C4C[C@@H](O)CC[C@]4(C)[C@H]3CC[C@]12C)C([2H])([2H])O. The highest BCUT2D eigenvalue weighted by Gasteiger charge is 2.61. The smallest absolute Gasteiger partial charge is 0.0757 e. The lowest BCUT2D eigenvalue weighted by atomic mass is 9.46. The summed E-state index contributed by atoms with van der Waals surface area (Å²) in [6.07, 6.45) is 8.94. The fourth-order valence-corrected chi connectivity index (χ4v) is 8.46. The zero-order valence-corrected chi connectivity index (χ0v) is 19.0. The second-order valence-corrected chi connectivity index (χ2v) is 11.5. The normalized spacial score (nSPS) is 52.5. The summed E-state index contributed by atoms with van der Waals surface area (Å²) in [5, 5.41) is 31.4. The molecule has 4 aliphatic carbocycles. The third-order valence-electron chi connectivity index (χ3n) is 10.1. The molecule has 0 bridgehead atoms. The van der Waals surface area contributed by atoms with Crippen molar-refractivity contribution in [3.05, 3.63) is 11.6 Å². The van der Waals surface area contributed by atoms with E-state index >= 15 is 0 Å². The van der Waals surface area contributed by atoms with E-state index in [0.29, 0.717) is 37.0 Å². The van der Waals surface area contributed by atoms with Gasteiger partial charge < -0.3 is 15.3 Å². The van der Waals surface area contributed by atoms with Crippen LogP contribution in [-0.4, -0.2) is 34.1 Å². The van der Waals surface area contributed by atoms with Crippen molar-refractivity contribution in [3.8, 4) is 0 Å². The average molecular weight is 425 g/mol. The van der Waals surface area contributed by atoms with Gasteiger partial charge in [0.1, 0.15) is 0 Å². The first-order valence-corrected chi connectivity index (χ1v) is 12.3. The summed E-state index contributed by atoms with van der Waals surface area (Å²) in [4.78, 5) is 0. The predicted molar refractivity (Wildman–Crippen MR) is 122 cm³/mol. The average Bonchev–Trinajstić information content (AvgIpc) is 3.10. The molecular weight excluding hydrogens is 372 g/mol. The molecule has 4 aliphatic rings. The van der Waals surface area contributed by atoms with Crippen molar-refractivity contribution in [2.45, 2.75) is 104 Å². The van der Waals surface area contributed by atoms with Crippen LogP contribution in [0.1, 0.15) is 100 Å². The third-order valence-corrected chi connectivity index (χ3v) is 10.1. The predicted octanol–water partition coefficient (Wildman–Crippen LogP) is 5.33. The molecule has 4 rings (SSSR count). The van der Waals surface area contributed by atoms with Crippen LogP contribution >= 0.6 is 0 Å². The summed E-state index contributed by atoms with van der Waals surface area (Å²) < 4.78 is 46.3. The van der Waals surface area contributed by atoms with Crippen LogP contribution in [0.15, 0.2) is 11.6 Å². The minimum absolute atomic E-state index is 0.0597. The van der Waals surface area contributed by atoms with Crippen LogP contribution in [0.4, 0.5) is 0 Å². The molecule has 0 aromatic rings. The molecule has 10 atom stereocenters. The van der Waals surface area contributed by atoms with Gasteiger partial charge in [-0.2, -0.15) is 0 Å². The van der Waals surface area contributed by atoms with Crippen molar-refractivity contribution in [3.63, 3.8) is 0 Å². The van der Waals surface area contributed by atoms with E-state index in [2.05, 4.69) is 26.8 Å². The summed E-state index contributed by atoms with van der Waals surface area (Å²) in [5.41, 5.74) is 1.40. The Morgan fingerprint density at radius 2 is 1.97 bits per heavy atom. The van der Waals surface area contributed by atoms with Crippen molar-refractivity contribution < 1.29 is 23.5 Å². The van der Waals surface area contributed by atoms with Gasteiger partial charge >= 0.3 is 0 Å². The van der Waals surface area contributed by atoms with E-state index in [1.54, 1.807) is 0 Å². The Morgan fingerprint density at radius 3 is 2.70 bits per heavy atom. The maximum Gasteiger partial charge on any atom is 0.0757 e. The second-order valence-electron chi connectivity index (χ2n) is 11.5. The zero-order valence-electron chi connectivity index (χ0n) is 25.0. The van der Waals surface area contributed by atoms with Crippen LogP contribution in [-0.2, 0) is 0 Å². The highest BCUT2D eigenvalue weighted by atomic mass is 16.3. The van der Waals surface area contributed by atoms with Crippen molar-refractivity contribution in [1.82, 2.24) is 0 Å². The highest BCUT2D eigenvalue weighted by molar-refractivity contribution is 5.27. The van der Waals surface area contributed by atoms with E-state index in [4.69, 9.17) is 8.22 Å². The molecule has 172 valence electrons. The number of hydrogen-bond donors (Lipinski definition) is 3. The van der Waals surface area contributed by atoms with Crippen molar-refractivity contribution >= 4 is 0 Å². The molecule has 0 saturated heterocycles. The minimum Gasteiger partial charge on any atom is -0.396 e. The number of aliphatic hydroxyl groups excluding tert-OH is 2. The first-order chi connectivity index (χ1) is 16.5. The van der Waals surface area contributed by atoms with Gasteiger partial charge in [-0.25, -0.2) is 0 Å². The fraction of sp³-hybridized carbons (Fsp3) is 0.926. The molecule has 0 aromatic carbocycles. The zero-order chi connectivity index (χ0) is 26.9. The molecule has 0 aliphatic heterocycles. The van der Waals surface area contributed by atoms with Gasteiger partial charge in [-0.3, -0.25) is 0 Å². The van der Waals surface area contributed by atoms with Crippen molar-refractivity contribution in [2.24, 2.45) is 46.3 Å². The number of fused-ring (bicyclic) bond motifs is 5. The second kappa shape index (κ2) is 8.52. The lowest BCUT2D eigenvalue weighted by Crippen LogP contribution is -2.54. The molecule has 0 heterocycles. The minimum atomic E-state index is -3.10. The van der Waals surface area contributed by atoms with Gasteiger partial charge in [0.05, 0.1) is 14.9 Å². The first kappa shape index (κ1) is 16.3. The first-order valence-electron chi connectivity index (χ1n) is 15.3. The Bertz CT molecular complexity index is 839. The number of aliphatic hydroxyl groups is 3. The summed E-state index contributed by atoms with van der Waals surface area (Å²) >= 11 is 0. The molecule has 30 heavy (non-hydrogen) atoms. The molecule has 0 spiro atoms. The van der Waals surface area contributed by atoms with Gasteiger partial charge in [-0.15, -0.1) is 0 Å². The number of rotatable bonds is 6. The van der Waals surface area contributed by atoms with Crippen LogP contribution < -0.4 is 0 Å². The maximum atomic E-state index is 11.3. The molecule has 3 nitrogen and oxygen atoms in total. The summed E-state index contributed by atoms with van der Waals surface area (Å²) in [6, 6.07) is 0. The van der Waals surface area contributed by atoms with Gasteiger partial charge in [0.25, 0.3) is 0 Å².